The van der Waals surface area contributed by atoms with Crippen molar-refractivity contribution >= 4 is 18.1 Å². The zero-order valence-electron chi connectivity index (χ0n) is 11.5. The molecule has 4 nitrogen and oxygen atoms in total. The summed E-state index contributed by atoms with van der Waals surface area (Å²) in [4.78, 5) is 2.51. The highest BCUT2D eigenvalue weighted by atomic mass is 35.5. The first kappa shape index (κ1) is 14.1. The van der Waals surface area contributed by atoms with Crippen LogP contribution in [-0.4, -0.2) is 50.0 Å². The average molecular weight is 297 g/mol. The summed E-state index contributed by atoms with van der Waals surface area (Å²) in [6, 6.07) is 6.67. The third kappa shape index (κ3) is 2.66. The molecule has 5 heteroatoms. The minimum Gasteiger partial charge on any atom is -0.384 e. The maximum Gasteiger partial charge on any atom is 0.0940 e. The summed E-state index contributed by atoms with van der Waals surface area (Å²) in [6.07, 6.45) is 1.68. The van der Waals surface area contributed by atoms with Crippen LogP contribution in [-0.2, 0) is 22.4 Å². The second-order valence-electron chi connectivity index (χ2n) is 5.74. The summed E-state index contributed by atoms with van der Waals surface area (Å²) in [5.41, 5.74) is 4.26. The molecule has 2 saturated heterocycles. The van der Waals surface area contributed by atoms with Crippen molar-refractivity contribution in [2.75, 3.05) is 38.2 Å². The maximum atomic E-state index is 5.90. The molecule has 2 bridgehead atoms. The highest BCUT2D eigenvalue weighted by Crippen LogP contribution is 2.28. The van der Waals surface area contributed by atoms with Crippen LogP contribution in [0.4, 0.5) is 5.69 Å². The van der Waals surface area contributed by atoms with Gasteiger partial charge in [0.15, 0.2) is 0 Å². The van der Waals surface area contributed by atoms with Crippen LogP contribution in [0.3, 0.4) is 0 Å². The minimum atomic E-state index is 0. The van der Waals surface area contributed by atoms with E-state index in [0.717, 1.165) is 45.8 Å². The van der Waals surface area contributed by atoms with Crippen molar-refractivity contribution in [3.8, 4) is 0 Å². The molecule has 0 radical (unpaired) electrons. The number of para-hydroxylation sites is 1. The van der Waals surface area contributed by atoms with Gasteiger partial charge in [-0.25, -0.2) is 0 Å². The summed E-state index contributed by atoms with van der Waals surface area (Å²) in [5, 5.41) is 3.53. The van der Waals surface area contributed by atoms with Gasteiger partial charge in [0.05, 0.1) is 25.4 Å². The lowest BCUT2D eigenvalue weighted by Gasteiger charge is -2.41. The van der Waals surface area contributed by atoms with E-state index in [1.165, 1.54) is 16.8 Å². The van der Waals surface area contributed by atoms with Crippen LogP contribution in [0, 0.1) is 0 Å². The van der Waals surface area contributed by atoms with Gasteiger partial charge in [-0.2, -0.15) is 0 Å². The van der Waals surface area contributed by atoms with Crippen molar-refractivity contribution in [1.29, 1.82) is 0 Å². The lowest BCUT2D eigenvalue weighted by atomic mass is 10.1. The summed E-state index contributed by atoms with van der Waals surface area (Å²) >= 11 is 0. The molecular weight excluding hydrogens is 276 g/mol. The Hall–Kier alpha value is -0.810. The van der Waals surface area contributed by atoms with E-state index < -0.39 is 0 Å². The molecule has 2 atom stereocenters. The summed E-state index contributed by atoms with van der Waals surface area (Å²) in [6.45, 7) is 5.57. The zero-order chi connectivity index (χ0) is 12.7. The van der Waals surface area contributed by atoms with E-state index in [0.29, 0.717) is 0 Å². The molecule has 0 aliphatic carbocycles. The number of halogens is 1. The van der Waals surface area contributed by atoms with Gasteiger partial charge in [0, 0.05) is 31.9 Å². The second kappa shape index (κ2) is 5.90. The van der Waals surface area contributed by atoms with E-state index in [4.69, 9.17) is 9.47 Å². The minimum absolute atomic E-state index is 0. The molecule has 3 aliphatic rings. The topological polar surface area (TPSA) is 33.7 Å². The van der Waals surface area contributed by atoms with Crippen LogP contribution < -0.4 is 5.32 Å². The molecule has 0 saturated carbocycles. The number of ether oxygens (including phenoxy) is 2. The van der Waals surface area contributed by atoms with Crippen molar-refractivity contribution in [3.05, 3.63) is 29.3 Å². The van der Waals surface area contributed by atoms with Crippen LogP contribution in [0.15, 0.2) is 18.2 Å². The van der Waals surface area contributed by atoms with Crippen molar-refractivity contribution in [2.45, 2.75) is 25.2 Å². The molecule has 0 aromatic heterocycles. The van der Waals surface area contributed by atoms with E-state index in [1.54, 1.807) is 0 Å². The third-order valence-corrected chi connectivity index (χ3v) is 4.24. The van der Waals surface area contributed by atoms with Gasteiger partial charge in [-0.05, 0) is 17.5 Å². The largest absolute Gasteiger partial charge is 0.384 e. The van der Waals surface area contributed by atoms with Crippen LogP contribution in [0.25, 0.3) is 0 Å². The number of hydrogen-bond acceptors (Lipinski definition) is 4. The number of fused-ring (bicyclic) bond motifs is 3. The van der Waals surface area contributed by atoms with Gasteiger partial charge in [0.25, 0.3) is 0 Å². The van der Waals surface area contributed by atoms with E-state index in [9.17, 15) is 0 Å². The van der Waals surface area contributed by atoms with Crippen LogP contribution in [0.2, 0.25) is 0 Å². The molecule has 110 valence electrons. The number of nitrogens with one attached hydrogen (secondary N) is 1. The molecule has 20 heavy (non-hydrogen) atoms. The van der Waals surface area contributed by atoms with Crippen molar-refractivity contribution < 1.29 is 9.47 Å². The Bertz CT molecular complexity index is 471. The molecule has 1 N–H and O–H groups in total. The van der Waals surface area contributed by atoms with Crippen molar-refractivity contribution in [2.24, 2.45) is 0 Å². The van der Waals surface area contributed by atoms with Gasteiger partial charge < -0.3 is 14.8 Å². The fourth-order valence-corrected chi connectivity index (χ4v) is 3.44. The Morgan fingerprint density at radius 2 is 2.00 bits per heavy atom. The highest BCUT2D eigenvalue weighted by molar-refractivity contribution is 5.85. The lowest BCUT2D eigenvalue weighted by molar-refractivity contribution is -0.180. The van der Waals surface area contributed by atoms with Crippen LogP contribution in [0.5, 0.6) is 0 Å². The fourth-order valence-electron chi connectivity index (χ4n) is 3.44. The van der Waals surface area contributed by atoms with Crippen LogP contribution in [0.1, 0.15) is 11.1 Å². The predicted octanol–water partition coefficient (Wildman–Crippen LogP) is 1.68. The van der Waals surface area contributed by atoms with E-state index >= 15 is 0 Å². The molecular formula is C15H21ClN2O2. The Kier molecular flexibility index (Phi) is 4.17. The van der Waals surface area contributed by atoms with Gasteiger partial charge in [-0.1, -0.05) is 18.2 Å². The predicted molar refractivity (Wildman–Crippen MR) is 80.6 cm³/mol. The Morgan fingerprint density at radius 1 is 1.20 bits per heavy atom. The first-order valence-corrected chi connectivity index (χ1v) is 7.19. The van der Waals surface area contributed by atoms with Crippen LogP contribution >= 0.6 is 12.4 Å². The Balaban J connectivity index is 0.00000121. The smallest absolute Gasteiger partial charge is 0.0940 e. The SMILES string of the molecule is Cl.c1cc2c(c(CN3CC4COCC(C3)O4)c1)NCC2. The molecule has 3 aliphatic heterocycles. The van der Waals surface area contributed by atoms with Gasteiger partial charge in [-0.3, -0.25) is 4.90 Å². The fraction of sp³-hybridized carbons (Fsp3) is 0.600. The first-order chi connectivity index (χ1) is 9.38. The molecule has 0 spiro atoms. The van der Waals surface area contributed by atoms with Crippen molar-refractivity contribution in [3.63, 3.8) is 0 Å². The van der Waals surface area contributed by atoms with Gasteiger partial charge in [-0.15, -0.1) is 12.4 Å². The van der Waals surface area contributed by atoms with Gasteiger partial charge in [0.1, 0.15) is 0 Å². The summed E-state index contributed by atoms with van der Waals surface area (Å²) in [5.74, 6) is 0. The van der Waals surface area contributed by atoms with E-state index in [1.807, 2.05) is 0 Å². The molecule has 4 rings (SSSR count). The Morgan fingerprint density at radius 3 is 2.80 bits per heavy atom. The normalized spacial score (nSPS) is 28.4. The summed E-state index contributed by atoms with van der Waals surface area (Å²) < 4.78 is 11.4. The standard InChI is InChI=1S/C15H20N2O2.ClH/c1-2-11-4-5-16-15(11)12(3-1)6-17-7-13-9-18-10-14(8-17)19-13;/h1-3,13-14,16H,4-10H2;1H. The molecule has 2 unspecified atom stereocenters. The monoisotopic (exact) mass is 296 g/mol. The summed E-state index contributed by atoms with van der Waals surface area (Å²) in [7, 11) is 0. The van der Waals surface area contributed by atoms with E-state index in [2.05, 4.69) is 28.4 Å². The number of benzene rings is 1. The number of nitrogens with zero attached hydrogens (tertiary/aromatic N) is 1. The molecule has 3 heterocycles. The number of rotatable bonds is 2. The number of hydrogen-bond donors (Lipinski definition) is 1. The second-order valence-corrected chi connectivity index (χ2v) is 5.74. The van der Waals surface area contributed by atoms with Gasteiger partial charge in [0.2, 0.25) is 0 Å². The number of morpholine rings is 1. The van der Waals surface area contributed by atoms with Gasteiger partial charge >= 0.3 is 0 Å². The molecule has 2 fully saturated rings. The first-order valence-electron chi connectivity index (χ1n) is 7.19. The van der Waals surface area contributed by atoms with Crippen molar-refractivity contribution in [1.82, 2.24) is 4.90 Å². The maximum absolute atomic E-state index is 5.90. The highest BCUT2D eigenvalue weighted by Gasteiger charge is 2.32. The third-order valence-electron chi connectivity index (χ3n) is 4.24. The molecule has 0 amide bonds. The number of anilines is 1. The molecule has 1 aromatic carbocycles. The average Bonchev–Trinajstić information content (AvgIpc) is 2.88. The zero-order valence-corrected chi connectivity index (χ0v) is 12.3. The lowest BCUT2D eigenvalue weighted by Crippen LogP contribution is -2.53. The molecule has 1 aromatic rings. The quantitative estimate of drug-likeness (QED) is 0.900. The van der Waals surface area contributed by atoms with E-state index in [-0.39, 0.29) is 24.6 Å². The Labute approximate surface area is 125 Å².